The quantitative estimate of drug-likeness (QED) is 0.617. The molecule has 0 radical (unpaired) electrons. The van der Waals surface area contributed by atoms with Crippen molar-refractivity contribution in [3.05, 3.63) is 30.3 Å². The lowest BCUT2D eigenvalue weighted by atomic mass is 10.3. The number of nitrogens with zero attached hydrogens (tertiary/aromatic N) is 1. The van der Waals surface area contributed by atoms with Crippen molar-refractivity contribution < 1.29 is 9.53 Å². The van der Waals surface area contributed by atoms with Crippen LogP contribution in [0.3, 0.4) is 0 Å². The molecule has 0 bridgehead atoms. The molecule has 0 aliphatic carbocycles. The molecule has 0 N–H and O–H groups in total. The lowest BCUT2D eigenvalue weighted by Gasteiger charge is -2.30. The summed E-state index contributed by atoms with van der Waals surface area (Å²) >= 11 is 11.7. The maximum atomic E-state index is 11.7. The fraction of sp³-hybridized carbons (Fsp3) is 0.364. The minimum absolute atomic E-state index is 0.120. The van der Waals surface area contributed by atoms with Gasteiger partial charge in [-0.25, -0.2) is 4.79 Å². The van der Waals surface area contributed by atoms with Crippen molar-refractivity contribution in [3.63, 3.8) is 0 Å². The van der Waals surface area contributed by atoms with Crippen LogP contribution >= 0.6 is 23.2 Å². The summed E-state index contributed by atoms with van der Waals surface area (Å²) in [4.78, 5) is 12.0. The van der Waals surface area contributed by atoms with Crippen molar-refractivity contribution in [3.8, 4) is 5.75 Å². The number of para-hydroxylation sites is 1. The third-order valence-corrected chi connectivity index (χ3v) is 3.21. The van der Waals surface area contributed by atoms with Crippen LogP contribution in [0.15, 0.2) is 30.3 Å². The van der Waals surface area contributed by atoms with Gasteiger partial charge in [-0.15, -0.1) is 11.6 Å². The molecule has 1 amide bonds. The van der Waals surface area contributed by atoms with Gasteiger partial charge in [0.2, 0.25) is 0 Å². The Hall–Kier alpha value is -0.930. The second-order valence-corrected chi connectivity index (χ2v) is 4.60. The van der Waals surface area contributed by atoms with Gasteiger partial charge in [-0.2, -0.15) is 0 Å². The van der Waals surface area contributed by atoms with E-state index in [9.17, 15) is 4.79 Å². The van der Waals surface area contributed by atoms with Crippen LogP contribution in [0.1, 0.15) is 6.92 Å². The zero-order chi connectivity index (χ0) is 12.2. The topological polar surface area (TPSA) is 29.5 Å². The van der Waals surface area contributed by atoms with E-state index in [4.69, 9.17) is 27.9 Å². The number of carbonyl (C=O) groups excluding carboxylic acids is 1. The molecule has 0 aromatic heterocycles. The number of hydrogen-bond acceptors (Lipinski definition) is 2. The highest BCUT2D eigenvalue weighted by Gasteiger charge is 2.30. The van der Waals surface area contributed by atoms with Crippen molar-refractivity contribution in [2.45, 2.75) is 11.9 Å². The van der Waals surface area contributed by atoms with Crippen molar-refractivity contribution in [2.75, 3.05) is 12.9 Å². The summed E-state index contributed by atoms with van der Waals surface area (Å²) in [6, 6.07) is 8.79. The standard InChI is InChI=1S/C11H13Cl2NO2/c1-11(13,8-12)14(2)10(15)16-9-6-4-3-5-7-9/h3-7H,8H2,1-2H3. The molecule has 0 aliphatic rings. The second-order valence-electron chi connectivity index (χ2n) is 3.52. The van der Waals surface area contributed by atoms with E-state index in [0.29, 0.717) is 5.75 Å². The number of benzene rings is 1. The monoisotopic (exact) mass is 261 g/mol. The van der Waals surface area contributed by atoms with Crippen LogP contribution < -0.4 is 4.74 Å². The zero-order valence-electron chi connectivity index (χ0n) is 9.11. The molecular weight excluding hydrogens is 249 g/mol. The molecule has 0 spiro atoms. The van der Waals surface area contributed by atoms with Crippen LogP contribution in [0, 0.1) is 0 Å². The van der Waals surface area contributed by atoms with Gasteiger partial charge in [-0.1, -0.05) is 29.8 Å². The average molecular weight is 262 g/mol. The third-order valence-electron chi connectivity index (χ3n) is 2.17. The van der Waals surface area contributed by atoms with E-state index in [1.165, 1.54) is 4.90 Å². The summed E-state index contributed by atoms with van der Waals surface area (Å²) in [6.45, 7) is 1.65. The number of halogens is 2. The minimum Gasteiger partial charge on any atom is -0.410 e. The van der Waals surface area contributed by atoms with Gasteiger partial charge in [0.25, 0.3) is 0 Å². The Bertz CT molecular complexity index is 354. The van der Waals surface area contributed by atoms with Crippen LogP contribution in [-0.2, 0) is 0 Å². The summed E-state index contributed by atoms with van der Waals surface area (Å²) in [5.74, 6) is 0.593. The first-order valence-corrected chi connectivity index (χ1v) is 5.64. The molecule has 88 valence electrons. The first kappa shape index (κ1) is 13.1. The van der Waals surface area contributed by atoms with Gasteiger partial charge in [0, 0.05) is 7.05 Å². The summed E-state index contributed by atoms with van der Waals surface area (Å²) in [5, 5.41) is 0. The summed E-state index contributed by atoms with van der Waals surface area (Å²) in [5.41, 5.74) is 0. The Morgan fingerprint density at radius 2 is 2.00 bits per heavy atom. The predicted molar refractivity (Wildman–Crippen MR) is 65.2 cm³/mol. The first-order chi connectivity index (χ1) is 7.47. The minimum atomic E-state index is -0.951. The predicted octanol–water partition coefficient (Wildman–Crippen LogP) is 3.31. The van der Waals surface area contributed by atoms with Gasteiger partial charge in [0.15, 0.2) is 0 Å². The van der Waals surface area contributed by atoms with E-state index in [0.717, 1.165) is 0 Å². The Morgan fingerprint density at radius 1 is 1.44 bits per heavy atom. The smallest absolute Gasteiger partial charge is 0.410 e. The summed E-state index contributed by atoms with van der Waals surface area (Å²) in [7, 11) is 1.54. The molecule has 5 heteroatoms. The van der Waals surface area contributed by atoms with E-state index in [1.807, 2.05) is 6.07 Å². The Kier molecular flexibility index (Phi) is 4.44. The fourth-order valence-corrected chi connectivity index (χ4v) is 1.19. The molecule has 1 aromatic carbocycles. The lowest BCUT2D eigenvalue weighted by molar-refractivity contribution is 0.144. The largest absolute Gasteiger partial charge is 0.416 e. The number of rotatable bonds is 3. The lowest BCUT2D eigenvalue weighted by Crippen LogP contribution is -2.45. The van der Waals surface area contributed by atoms with Gasteiger partial charge in [0.1, 0.15) is 10.7 Å². The van der Waals surface area contributed by atoms with Gasteiger partial charge in [-0.05, 0) is 19.1 Å². The molecule has 0 aliphatic heterocycles. The molecule has 0 saturated heterocycles. The summed E-state index contributed by atoms with van der Waals surface area (Å²) in [6.07, 6.45) is -0.538. The Balaban J connectivity index is 2.66. The second kappa shape index (κ2) is 5.41. The van der Waals surface area contributed by atoms with Crippen molar-refractivity contribution in [2.24, 2.45) is 0 Å². The average Bonchev–Trinajstić information content (AvgIpc) is 2.29. The van der Waals surface area contributed by atoms with Crippen LogP contribution in [0.5, 0.6) is 5.75 Å². The number of alkyl halides is 2. The van der Waals surface area contributed by atoms with Crippen LogP contribution in [0.2, 0.25) is 0 Å². The maximum absolute atomic E-state index is 11.7. The molecule has 1 rings (SSSR count). The molecular formula is C11H13Cl2NO2. The van der Waals surface area contributed by atoms with E-state index >= 15 is 0 Å². The summed E-state index contributed by atoms with van der Waals surface area (Å²) < 4.78 is 5.11. The molecule has 3 nitrogen and oxygen atoms in total. The van der Waals surface area contributed by atoms with Crippen molar-refractivity contribution >= 4 is 29.3 Å². The van der Waals surface area contributed by atoms with E-state index < -0.39 is 11.1 Å². The van der Waals surface area contributed by atoms with Gasteiger partial charge < -0.3 is 4.74 Å². The Morgan fingerprint density at radius 3 is 2.50 bits per heavy atom. The highest BCUT2D eigenvalue weighted by atomic mass is 35.5. The number of carbonyl (C=O) groups is 1. The highest BCUT2D eigenvalue weighted by molar-refractivity contribution is 6.30. The highest BCUT2D eigenvalue weighted by Crippen LogP contribution is 2.22. The van der Waals surface area contributed by atoms with E-state index in [2.05, 4.69) is 0 Å². The van der Waals surface area contributed by atoms with Crippen molar-refractivity contribution in [1.82, 2.24) is 4.90 Å². The molecule has 1 atom stereocenters. The molecule has 1 aromatic rings. The van der Waals surface area contributed by atoms with E-state index in [-0.39, 0.29) is 5.88 Å². The Labute approximate surface area is 105 Å². The van der Waals surface area contributed by atoms with Gasteiger partial charge >= 0.3 is 6.09 Å². The zero-order valence-corrected chi connectivity index (χ0v) is 10.6. The third kappa shape index (κ3) is 3.29. The van der Waals surface area contributed by atoms with Crippen LogP contribution in [0.25, 0.3) is 0 Å². The first-order valence-electron chi connectivity index (χ1n) is 4.73. The number of ether oxygens (including phenoxy) is 1. The molecule has 1 unspecified atom stereocenters. The molecule has 0 fully saturated rings. The molecule has 16 heavy (non-hydrogen) atoms. The number of amides is 1. The van der Waals surface area contributed by atoms with E-state index in [1.54, 1.807) is 38.2 Å². The van der Waals surface area contributed by atoms with Crippen molar-refractivity contribution in [1.29, 1.82) is 0 Å². The van der Waals surface area contributed by atoms with Crippen LogP contribution in [0.4, 0.5) is 4.79 Å². The SMILES string of the molecule is CN(C(=O)Oc1ccccc1)C(C)(Cl)CCl. The maximum Gasteiger partial charge on any atom is 0.416 e. The molecule has 0 heterocycles. The normalized spacial score (nSPS) is 14.0. The number of hydrogen-bond donors (Lipinski definition) is 0. The fourth-order valence-electron chi connectivity index (χ4n) is 0.938. The molecule has 0 saturated carbocycles. The van der Waals surface area contributed by atoms with Crippen LogP contribution in [-0.4, -0.2) is 28.9 Å². The van der Waals surface area contributed by atoms with Gasteiger partial charge in [-0.3, -0.25) is 4.90 Å². The van der Waals surface area contributed by atoms with Gasteiger partial charge in [0.05, 0.1) is 5.88 Å².